The predicted octanol–water partition coefficient (Wildman–Crippen LogP) is 1.13. The summed E-state index contributed by atoms with van der Waals surface area (Å²) in [6.45, 7) is 2.43. The van der Waals surface area contributed by atoms with E-state index in [2.05, 4.69) is 15.0 Å². The molecule has 0 fully saturated rings. The number of fused-ring (bicyclic) bond motifs is 1. The molecule has 1 atom stereocenters. The lowest BCUT2D eigenvalue weighted by Crippen LogP contribution is -2.30. The second-order valence-corrected chi connectivity index (χ2v) is 5.98. The number of aromatic nitrogens is 4. The van der Waals surface area contributed by atoms with Crippen LogP contribution in [0.2, 0.25) is 0 Å². The second-order valence-electron chi connectivity index (χ2n) is 5.98. The van der Waals surface area contributed by atoms with Crippen molar-refractivity contribution in [1.29, 1.82) is 0 Å². The zero-order valence-electron chi connectivity index (χ0n) is 14.8. The number of aliphatic hydroxyl groups excluding tert-OH is 2. The monoisotopic (exact) mass is 372 g/mol. The van der Waals surface area contributed by atoms with Crippen LogP contribution in [0.25, 0.3) is 11.2 Å². The van der Waals surface area contributed by atoms with Crippen molar-refractivity contribution in [1.82, 2.24) is 19.5 Å². The van der Waals surface area contributed by atoms with E-state index in [-0.39, 0.29) is 24.9 Å². The minimum atomic E-state index is -0.433. The standard InChI is InChI=1S/C17H20N6O4/c1-12(13-2-4-14(5-3-13)23(26)27)22-11-20-15-16(18-10-19-17(15)22)21(6-8-24)7-9-25/h2-5,10-12,24-25H,6-9H2,1H3/t12-/m1/s1. The largest absolute Gasteiger partial charge is 0.395 e. The first-order chi connectivity index (χ1) is 13.1. The topological polar surface area (TPSA) is 130 Å². The molecule has 10 nitrogen and oxygen atoms in total. The summed E-state index contributed by atoms with van der Waals surface area (Å²) in [5.41, 5.74) is 2.08. The first-order valence-electron chi connectivity index (χ1n) is 8.45. The quantitative estimate of drug-likeness (QED) is 0.444. The van der Waals surface area contributed by atoms with E-state index in [1.165, 1.54) is 18.5 Å². The van der Waals surface area contributed by atoms with Crippen LogP contribution < -0.4 is 4.90 Å². The molecule has 0 aliphatic rings. The van der Waals surface area contributed by atoms with Gasteiger partial charge in [0.25, 0.3) is 5.69 Å². The van der Waals surface area contributed by atoms with Crippen LogP contribution in [0.5, 0.6) is 0 Å². The third-order valence-corrected chi connectivity index (χ3v) is 4.38. The number of benzene rings is 1. The number of hydrogen-bond acceptors (Lipinski definition) is 8. The van der Waals surface area contributed by atoms with Gasteiger partial charge in [-0.2, -0.15) is 0 Å². The fourth-order valence-corrected chi connectivity index (χ4v) is 2.95. The van der Waals surface area contributed by atoms with Gasteiger partial charge in [-0.05, 0) is 12.5 Å². The molecule has 0 bridgehead atoms. The van der Waals surface area contributed by atoms with Gasteiger partial charge in [0, 0.05) is 25.2 Å². The van der Waals surface area contributed by atoms with Crippen molar-refractivity contribution in [3.8, 4) is 0 Å². The van der Waals surface area contributed by atoms with Crippen molar-refractivity contribution in [2.75, 3.05) is 31.2 Å². The lowest BCUT2D eigenvalue weighted by Gasteiger charge is -2.21. The fraction of sp³-hybridized carbons (Fsp3) is 0.353. The molecule has 2 heterocycles. The Morgan fingerprint density at radius 3 is 2.41 bits per heavy atom. The average Bonchev–Trinajstić information content (AvgIpc) is 3.11. The summed E-state index contributed by atoms with van der Waals surface area (Å²) in [7, 11) is 0. The highest BCUT2D eigenvalue weighted by Crippen LogP contribution is 2.27. The zero-order valence-corrected chi connectivity index (χ0v) is 14.8. The highest BCUT2D eigenvalue weighted by Gasteiger charge is 2.19. The molecular formula is C17H20N6O4. The molecule has 0 saturated carbocycles. The molecule has 0 aliphatic heterocycles. The van der Waals surface area contributed by atoms with Crippen LogP contribution in [-0.2, 0) is 0 Å². The number of nitrogens with zero attached hydrogens (tertiary/aromatic N) is 6. The van der Waals surface area contributed by atoms with Gasteiger partial charge in [-0.25, -0.2) is 15.0 Å². The van der Waals surface area contributed by atoms with Crippen LogP contribution in [0, 0.1) is 10.1 Å². The summed E-state index contributed by atoms with van der Waals surface area (Å²) in [6, 6.07) is 6.20. The second kappa shape index (κ2) is 8.06. The van der Waals surface area contributed by atoms with E-state index < -0.39 is 4.92 Å². The molecule has 0 aliphatic carbocycles. The van der Waals surface area contributed by atoms with Crippen LogP contribution in [0.15, 0.2) is 36.9 Å². The first-order valence-corrected chi connectivity index (χ1v) is 8.45. The van der Waals surface area contributed by atoms with Gasteiger partial charge >= 0.3 is 0 Å². The molecule has 142 valence electrons. The SMILES string of the molecule is C[C@H](c1ccc([N+](=O)[O-])cc1)n1cnc2c(N(CCO)CCO)ncnc21. The van der Waals surface area contributed by atoms with Crippen molar-refractivity contribution in [3.63, 3.8) is 0 Å². The predicted molar refractivity (Wildman–Crippen MR) is 98.6 cm³/mol. The Kier molecular flexibility index (Phi) is 5.57. The molecule has 2 aromatic heterocycles. The molecule has 0 amide bonds. The van der Waals surface area contributed by atoms with E-state index in [1.54, 1.807) is 23.4 Å². The molecular weight excluding hydrogens is 352 g/mol. The van der Waals surface area contributed by atoms with Gasteiger partial charge in [-0.1, -0.05) is 12.1 Å². The summed E-state index contributed by atoms with van der Waals surface area (Å²) >= 11 is 0. The molecule has 2 N–H and O–H groups in total. The zero-order chi connectivity index (χ0) is 19.4. The summed E-state index contributed by atoms with van der Waals surface area (Å²) in [5, 5.41) is 29.3. The Hall–Kier alpha value is -3.11. The van der Waals surface area contributed by atoms with E-state index in [0.29, 0.717) is 30.1 Å². The molecule has 0 unspecified atom stereocenters. The number of nitro benzene ring substituents is 1. The fourth-order valence-electron chi connectivity index (χ4n) is 2.95. The normalized spacial score (nSPS) is 12.3. The highest BCUT2D eigenvalue weighted by molar-refractivity contribution is 5.83. The van der Waals surface area contributed by atoms with E-state index >= 15 is 0 Å². The number of hydrogen-bond donors (Lipinski definition) is 2. The molecule has 27 heavy (non-hydrogen) atoms. The van der Waals surface area contributed by atoms with Crippen LogP contribution >= 0.6 is 0 Å². The summed E-state index contributed by atoms with van der Waals surface area (Å²) in [5.74, 6) is 0.540. The molecule has 10 heteroatoms. The van der Waals surface area contributed by atoms with Crippen LogP contribution in [0.3, 0.4) is 0 Å². The molecule has 0 saturated heterocycles. The summed E-state index contributed by atoms with van der Waals surface area (Å²) in [6.07, 6.45) is 3.06. The van der Waals surface area contributed by atoms with Crippen molar-refractivity contribution >= 4 is 22.7 Å². The average molecular weight is 372 g/mol. The van der Waals surface area contributed by atoms with Crippen LogP contribution in [0.4, 0.5) is 11.5 Å². The molecule has 3 aromatic rings. The number of imidazole rings is 1. The number of nitro groups is 1. The number of rotatable bonds is 8. The number of aliphatic hydroxyl groups is 2. The van der Waals surface area contributed by atoms with Crippen molar-refractivity contribution in [2.24, 2.45) is 0 Å². The van der Waals surface area contributed by atoms with E-state index in [0.717, 1.165) is 5.56 Å². The Balaban J connectivity index is 1.98. The van der Waals surface area contributed by atoms with E-state index in [9.17, 15) is 20.3 Å². The van der Waals surface area contributed by atoms with Crippen LogP contribution in [0.1, 0.15) is 18.5 Å². The maximum atomic E-state index is 10.8. The molecule has 3 rings (SSSR count). The van der Waals surface area contributed by atoms with Crippen molar-refractivity contribution in [2.45, 2.75) is 13.0 Å². The molecule has 1 aromatic carbocycles. The minimum Gasteiger partial charge on any atom is -0.395 e. The van der Waals surface area contributed by atoms with Gasteiger partial charge in [0.05, 0.1) is 30.5 Å². The van der Waals surface area contributed by atoms with Gasteiger partial charge in [-0.3, -0.25) is 10.1 Å². The first kappa shape index (κ1) is 18.7. The maximum Gasteiger partial charge on any atom is 0.269 e. The Bertz CT molecular complexity index is 921. The van der Waals surface area contributed by atoms with Crippen molar-refractivity contribution in [3.05, 3.63) is 52.6 Å². The third-order valence-electron chi connectivity index (χ3n) is 4.38. The Morgan fingerprint density at radius 1 is 1.15 bits per heavy atom. The van der Waals surface area contributed by atoms with Gasteiger partial charge in [0.1, 0.15) is 6.33 Å². The number of non-ortho nitro benzene ring substituents is 1. The Labute approximate surface area is 154 Å². The van der Waals surface area contributed by atoms with Gasteiger partial charge in [0.2, 0.25) is 0 Å². The summed E-state index contributed by atoms with van der Waals surface area (Å²) < 4.78 is 1.86. The van der Waals surface area contributed by atoms with E-state index in [4.69, 9.17) is 0 Å². The minimum absolute atomic E-state index is 0.0368. The lowest BCUT2D eigenvalue weighted by molar-refractivity contribution is -0.384. The molecule has 0 spiro atoms. The van der Waals surface area contributed by atoms with Gasteiger partial charge in [0.15, 0.2) is 17.0 Å². The van der Waals surface area contributed by atoms with Gasteiger partial charge in [-0.15, -0.1) is 0 Å². The molecule has 0 radical (unpaired) electrons. The maximum absolute atomic E-state index is 10.8. The highest BCUT2D eigenvalue weighted by atomic mass is 16.6. The Morgan fingerprint density at radius 2 is 1.81 bits per heavy atom. The smallest absolute Gasteiger partial charge is 0.269 e. The number of anilines is 1. The van der Waals surface area contributed by atoms with Crippen molar-refractivity contribution < 1.29 is 15.1 Å². The third kappa shape index (κ3) is 3.71. The lowest BCUT2D eigenvalue weighted by atomic mass is 10.1. The van der Waals surface area contributed by atoms with Gasteiger partial charge < -0.3 is 19.7 Å². The van der Waals surface area contributed by atoms with Crippen LogP contribution in [-0.4, -0.2) is 61.0 Å². The summed E-state index contributed by atoms with van der Waals surface area (Å²) in [4.78, 5) is 25.2. The van der Waals surface area contributed by atoms with E-state index in [1.807, 2.05) is 11.5 Å².